The number of piperazine rings is 1. The van der Waals surface area contributed by atoms with Gasteiger partial charge in [0.05, 0.1) is 5.92 Å². The van der Waals surface area contributed by atoms with E-state index in [1.165, 1.54) is 36.1 Å². The monoisotopic (exact) mass is 422 g/mol. The van der Waals surface area contributed by atoms with Crippen molar-refractivity contribution in [2.24, 2.45) is 17.3 Å². The molecule has 0 spiro atoms. The first-order valence-electron chi connectivity index (χ1n) is 12.3. The van der Waals surface area contributed by atoms with Crippen molar-refractivity contribution in [3.63, 3.8) is 0 Å². The molecule has 4 aliphatic rings. The molecule has 0 aromatic heterocycles. The minimum Gasteiger partial charge on any atom is -0.462 e. The highest BCUT2D eigenvalue weighted by Gasteiger charge is 2.53. The zero-order valence-electron chi connectivity index (χ0n) is 19.7. The summed E-state index contributed by atoms with van der Waals surface area (Å²) in [7, 11) is 0. The molecule has 5 rings (SSSR count). The lowest BCUT2D eigenvalue weighted by Gasteiger charge is -2.46. The maximum Gasteiger partial charge on any atom is 0.310 e. The number of hydrogen-bond donors (Lipinski definition) is 0. The molecule has 0 bridgehead atoms. The second-order valence-electron chi connectivity index (χ2n) is 10.9. The minimum atomic E-state index is 0.0454. The summed E-state index contributed by atoms with van der Waals surface area (Å²) in [5, 5.41) is 0. The fourth-order valence-corrected chi connectivity index (χ4v) is 6.83. The van der Waals surface area contributed by atoms with Crippen molar-refractivity contribution in [3.05, 3.63) is 40.5 Å². The second-order valence-corrected chi connectivity index (χ2v) is 10.9. The van der Waals surface area contributed by atoms with E-state index in [4.69, 9.17) is 4.74 Å². The normalized spacial score (nSPS) is 33.9. The molecule has 2 aliphatic heterocycles. The van der Waals surface area contributed by atoms with Gasteiger partial charge in [0.1, 0.15) is 6.10 Å². The fraction of sp³-hybridized carbons (Fsp3) is 0.667. The molecule has 4 nitrogen and oxygen atoms in total. The molecule has 0 amide bonds. The summed E-state index contributed by atoms with van der Waals surface area (Å²) < 4.78 is 5.99. The third-order valence-electron chi connectivity index (χ3n) is 8.71. The lowest BCUT2D eigenvalue weighted by Crippen LogP contribution is -2.49. The Morgan fingerprint density at radius 1 is 1.13 bits per heavy atom. The third kappa shape index (κ3) is 3.82. The van der Waals surface area contributed by atoms with Crippen molar-refractivity contribution in [2.75, 3.05) is 37.6 Å². The van der Waals surface area contributed by atoms with Crippen molar-refractivity contribution >= 4 is 11.7 Å². The van der Waals surface area contributed by atoms with Gasteiger partial charge in [-0.15, -0.1) is 0 Å². The molecule has 2 heterocycles. The Morgan fingerprint density at radius 3 is 2.68 bits per heavy atom. The Labute approximate surface area is 187 Å². The van der Waals surface area contributed by atoms with Crippen LogP contribution in [0.4, 0.5) is 5.69 Å². The zero-order chi connectivity index (χ0) is 21.8. The summed E-state index contributed by atoms with van der Waals surface area (Å²) in [5.41, 5.74) is 7.54. The predicted octanol–water partition coefficient (Wildman–Crippen LogP) is 4.88. The molecular weight excluding hydrogens is 384 g/mol. The van der Waals surface area contributed by atoms with Gasteiger partial charge in [-0.3, -0.25) is 9.69 Å². The summed E-state index contributed by atoms with van der Waals surface area (Å²) in [6, 6.07) is 6.73. The molecule has 4 heteroatoms. The van der Waals surface area contributed by atoms with Crippen molar-refractivity contribution in [1.29, 1.82) is 0 Å². The topological polar surface area (TPSA) is 32.8 Å². The van der Waals surface area contributed by atoms with Crippen LogP contribution in [-0.4, -0.2) is 49.7 Å². The van der Waals surface area contributed by atoms with Gasteiger partial charge >= 0.3 is 5.97 Å². The molecule has 1 aromatic rings. The quantitative estimate of drug-likeness (QED) is 0.513. The number of rotatable bonds is 3. The highest BCUT2D eigenvalue weighted by Crippen LogP contribution is 2.55. The summed E-state index contributed by atoms with van der Waals surface area (Å²) in [4.78, 5) is 17.9. The lowest BCUT2D eigenvalue weighted by molar-refractivity contribution is -0.145. The molecule has 2 saturated heterocycles. The molecule has 1 saturated carbocycles. The van der Waals surface area contributed by atoms with Gasteiger partial charge < -0.3 is 9.64 Å². The van der Waals surface area contributed by atoms with E-state index in [2.05, 4.69) is 55.7 Å². The molecule has 2 aliphatic carbocycles. The van der Waals surface area contributed by atoms with Crippen LogP contribution in [0.2, 0.25) is 0 Å². The number of aryl methyl sites for hydroxylation is 2. The van der Waals surface area contributed by atoms with Gasteiger partial charge in [-0.25, -0.2) is 0 Å². The molecule has 0 N–H and O–H groups in total. The van der Waals surface area contributed by atoms with Gasteiger partial charge in [0.25, 0.3) is 0 Å². The number of benzene rings is 1. The van der Waals surface area contributed by atoms with E-state index in [1.54, 1.807) is 11.1 Å². The molecule has 31 heavy (non-hydrogen) atoms. The highest BCUT2D eigenvalue weighted by atomic mass is 16.6. The fourth-order valence-electron chi connectivity index (χ4n) is 6.83. The molecular formula is C27H38N2O2. The van der Waals surface area contributed by atoms with Crippen molar-refractivity contribution in [3.8, 4) is 0 Å². The molecule has 168 valence electrons. The second kappa shape index (κ2) is 7.95. The van der Waals surface area contributed by atoms with Gasteiger partial charge in [-0.2, -0.15) is 0 Å². The molecule has 3 fully saturated rings. The van der Waals surface area contributed by atoms with Crippen LogP contribution in [0.5, 0.6) is 0 Å². The number of esters is 1. The van der Waals surface area contributed by atoms with E-state index < -0.39 is 0 Å². The summed E-state index contributed by atoms with van der Waals surface area (Å²) in [6.45, 7) is 14.1. The standard InChI is InChI=1S/C27H38N2O2/c1-18-7-8-20(3)24(14-18)29-12-10-28(11-13-29)17-22-21-15-23-19(2)6-5-9-27(23,4)16-25(21)31-26(22)30/h7-8,14,21-22,25H,5-6,9-13,15-17H2,1-4H3/t21-,22+,25+,27+/m0/s1. The van der Waals surface area contributed by atoms with Crippen molar-refractivity contribution in [2.45, 2.75) is 65.9 Å². The largest absolute Gasteiger partial charge is 0.462 e. The van der Waals surface area contributed by atoms with Crippen LogP contribution in [0, 0.1) is 31.1 Å². The van der Waals surface area contributed by atoms with Gasteiger partial charge in [0, 0.05) is 44.3 Å². The molecule has 4 atom stereocenters. The predicted molar refractivity (Wildman–Crippen MR) is 125 cm³/mol. The number of carbonyl (C=O) groups excluding carboxylic acids is 1. The van der Waals surface area contributed by atoms with Crippen LogP contribution in [-0.2, 0) is 9.53 Å². The van der Waals surface area contributed by atoms with Gasteiger partial charge in [0.2, 0.25) is 0 Å². The van der Waals surface area contributed by atoms with Gasteiger partial charge in [-0.05, 0) is 75.5 Å². The summed E-state index contributed by atoms with van der Waals surface area (Å²) in [5.74, 6) is 0.483. The summed E-state index contributed by atoms with van der Waals surface area (Å²) in [6.07, 6.45) is 6.02. The minimum absolute atomic E-state index is 0.0454. The maximum atomic E-state index is 12.9. The number of nitrogens with zero attached hydrogens (tertiary/aromatic N) is 2. The highest BCUT2D eigenvalue weighted by molar-refractivity contribution is 5.76. The van der Waals surface area contributed by atoms with Crippen LogP contribution in [0.3, 0.4) is 0 Å². The first kappa shape index (κ1) is 21.1. The molecule has 1 aromatic carbocycles. The van der Waals surface area contributed by atoms with Crippen LogP contribution in [0.15, 0.2) is 29.3 Å². The molecule has 0 radical (unpaired) electrons. The number of fused-ring (bicyclic) bond motifs is 2. The summed E-state index contributed by atoms with van der Waals surface area (Å²) >= 11 is 0. The first-order valence-corrected chi connectivity index (χ1v) is 12.3. The Hall–Kier alpha value is -1.81. The maximum absolute atomic E-state index is 12.9. The Bertz CT molecular complexity index is 898. The molecule has 0 unspecified atom stereocenters. The van der Waals surface area contributed by atoms with E-state index in [0.717, 1.165) is 45.6 Å². The lowest BCUT2D eigenvalue weighted by atomic mass is 9.59. The zero-order valence-corrected chi connectivity index (χ0v) is 19.7. The van der Waals surface area contributed by atoms with E-state index in [1.807, 2.05) is 0 Å². The number of ether oxygens (including phenoxy) is 1. The Morgan fingerprint density at radius 2 is 1.90 bits per heavy atom. The van der Waals surface area contributed by atoms with Crippen LogP contribution in [0.25, 0.3) is 0 Å². The SMILES string of the molecule is CC1=C2C[C@@H]3[C@@H](C[C@@]2(C)CCC1)OC(=O)[C@@H]3CN1CCN(c2cc(C)ccc2C)CC1. The number of allylic oxidation sites excluding steroid dienone is 2. The first-order chi connectivity index (χ1) is 14.8. The number of carbonyl (C=O) groups is 1. The van der Waals surface area contributed by atoms with E-state index in [-0.39, 0.29) is 23.4 Å². The van der Waals surface area contributed by atoms with Crippen LogP contribution < -0.4 is 4.90 Å². The van der Waals surface area contributed by atoms with E-state index in [9.17, 15) is 4.79 Å². The Balaban J connectivity index is 1.25. The average molecular weight is 423 g/mol. The average Bonchev–Trinajstić information content (AvgIpc) is 3.02. The van der Waals surface area contributed by atoms with E-state index >= 15 is 0 Å². The number of anilines is 1. The van der Waals surface area contributed by atoms with Gasteiger partial charge in [-0.1, -0.05) is 30.2 Å². The Kier molecular flexibility index (Phi) is 5.40. The third-order valence-corrected chi connectivity index (χ3v) is 8.71. The number of hydrogen-bond acceptors (Lipinski definition) is 4. The van der Waals surface area contributed by atoms with Crippen molar-refractivity contribution < 1.29 is 9.53 Å². The van der Waals surface area contributed by atoms with Crippen molar-refractivity contribution in [1.82, 2.24) is 4.90 Å². The van der Waals surface area contributed by atoms with Crippen LogP contribution >= 0.6 is 0 Å². The van der Waals surface area contributed by atoms with Crippen LogP contribution in [0.1, 0.15) is 57.1 Å². The smallest absolute Gasteiger partial charge is 0.310 e. The van der Waals surface area contributed by atoms with E-state index in [0.29, 0.717) is 5.92 Å². The van der Waals surface area contributed by atoms with Gasteiger partial charge in [0.15, 0.2) is 0 Å².